The van der Waals surface area contributed by atoms with Gasteiger partial charge < -0.3 is 0 Å². The van der Waals surface area contributed by atoms with Gasteiger partial charge in [-0.1, -0.05) is 54.6 Å². The zero-order chi connectivity index (χ0) is 23.2. The number of fused-ring (bicyclic) bond motifs is 1. The predicted molar refractivity (Wildman–Crippen MR) is 130 cm³/mol. The predicted octanol–water partition coefficient (Wildman–Crippen LogP) is 6.63. The molecule has 0 aliphatic heterocycles. The van der Waals surface area contributed by atoms with Crippen LogP contribution in [-0.4, -0.2) is 0 Å². The minimum atomic E-state index is -1.07. The van der Waals surface area contributed by atoms with E-state index in [1.165, 1.54) is 0 Å². The van der Waals surface area contributed by atoms with Crippen molar-refractivity contribution in [2.45, 2.75) is 18.7 Å². The molecule has 0 radical (unpaired) electrons. The Bertz CT molecular complexity index is 1670. The molecule has 8 rings (SSSR count). The monoisotopic (exact) mass is 412 g/mol. The molecule has 32 heavy (non-hydrogen) atoms. The fourth-order valence-electron chi connectivity index (χ4n) is 5.64. The number of hydrogen-bond donors (Lipinski definition) is 0. The van der Waals surface area contributed by atoms with Crippen LogP contribution < -0.4 is 4.57 Å². The lowest BCUT2D eigenvalue weighted by Crippen LogP contribution is -2.31. The van der Waals surface area contributed by atoms with Crippen LogP contribution in [0.3, 0.4) is 0 Å². The number of pyridine rings is 1. The van der Waals surface area contributed by atoms with Gasteiger partial charge in [-0.05, 0) is 80.9 Å². The van der Waals surface area contributed by atoms with Gasteiger partial charge in [0.2, 0.25) is 5.69 Å². The van der Waals surface area contributed by atoms with E-state index >= 15 is 0 Å². The molecule has 4 aromatic carbocycles. The van der Waals surface area contributed by atoms with E-state index in [4.69, 9.17) is 0 Å². The molecule has 0 fully saturated rings. The Balaban J connectivity index is 1.63. The Morgan fingerprint density at radius 1 is 0.625 bits per heavy atom. The highest BCUT2D eigenvalue weighted by atomic mass is 14.9. The van der Waals surface area contributed by atoms with Gasteiger partial charge in [-0.3, -0.25) is 0 Å². The lowest BCUT2D eigenvalue weighted by atomic mass is 9.60. The summed E-state index contributed by atoms with van der Waals surface area (Å²) in [6, 6.07) is 31.3. The van der Waals surface area contributed by atoms with Crippen LogP contribution >= 0.6 is 0 Å². The average molecular weight is 413 g/mol. The summed E-state index contributed by atoms with van der Waals surface area (Å²) in [5.74, 6) is -2.11. The first-order valence-corrected chi connectivity index (χ1v) is 11.2. The van der Waals surface area contributed by atoms with Crippen molar-refractivity contribution in [1.82, 2.24) is 0 Å². The van der Waals surface area contributed by atoms with Crippen molar-refractivity contribution in [3.05, 3.63) is 136 Å². The summed E-state index contributed by atoms with van der Waals surface area (Å²) in [7, 11) is 2.06. The van der Waals surface area contributed by atoms with Gasteiger partial charge in [-0.2, -0.15) is 0 Å². The smallest absolute Gasteiger partial charge is 0.201 e. The second-order valence-electron chi connectivity index (χ2n) is 8.95. The zero-order valence-corrected chi connectivity index (χ0v) is 18.2. The Labute approximate surface area is 191 Å². The molecule has 152 valence electrons. The van der Waals surface area contributed by atoms with E-state index in [1.54, 1.807) is 0 Å². The van der Waals surface area contributed by atoms with Crippen LogP contribution in [0.1, 0.15) is 53.5 Å². The maximum atomic E-state index is 10.1. The van der Waals surface area contributed by atoms with Crippen LogP contribution in [0.4, 0.5) is 0 Å². The summed E-state index contributed by atoms with van der Waals surface area (Å²) in [5.41, 5.74) is 8.93. The van der Waals surface area contributed by atoms with Crippen LogP contribution in [0.15, 0.2) is 97.2 Å². The fraction of sp³-hybridized carbons (Fsp3) is 0.129. The molecular weight excluding hydrogens is 386 g/mol. The third-order valence-corrected chi connectivity index (χ3v) is 7.12. The molecule has 2 atom stereocenters. The maximum absolute atomic E-state index is 10.1. The van der Waals surface area contributed by atoms with Gasteiger partial charge in [-0.25, -0.2) is 4.57 Å². The van der Waals surface area contributed by atoms with Crippen LogP contribution in [-0.2, 0) is 7.05 Å². The molecular formula is C31H24N+. The maximum Gasteiger partial charge on any atom is 0.212 e. The van der Waals surface area contributed by atoms with Crippen molar-refractivity contribution in [1.29, 1.82) is 0 Å². The van der Waals surface area contributed by atoms with Gasteiger partial charge in [-0.15, -0.1) is 0 Å². The highest BCUT2D eigenvalue weighted by Crippen LogP contribution is 2.57. The molecule has 1 heteroatoms. The van der Waals surface area contributed by atoms with Crippen molar-refractivity contribution in [2.75, 3.05) is 0 Å². The summed E-state index contributed by atoms with van der Waals surface area (Å²) in [6.07, 6.45) is 2.06. The van der Waals surface area contributed by atoms with Gasteiger partial charge >= 0.3 is 0 Å². The van der Waals surface area contributed by atoms with Gasteiger partial charge in [0.25, 0.3) is 0 Å². The number of aryl methyl sites for hydroxylation is 2. The lowest BCUT2D eigenvalue weighted by Gasteiger charge is -2.42. The van der Waals surface area contributed by atoms with Crippen molar-refractivity contribution in [2.24, 2.45) is 7.05 Å². The first-order chi connectivity index (χ1) is 16.4. The fourth-order valence-corrected chi connectivity index (χ4v) is 5.64. The Hall–Kier alpha value is -3.71. The number of hydrogen-bond acceptors (Lipinski definition) is 0. The van der Waals surface area contributed by atoms with E-state index in [0.29, 0.717) is 0 Å². The van der Waals surface area contributed by atoms with E-state index in [0.717, 1.165) is 61.0 Å². The largest absolute Gasteiger partial charge is 0.212 e. The SMILES string of the molecule is [2H]C12c3ccccc3C([2H])(c3cc(-c4cccc[n+]4C)c(C)cc31)c1cc3ccccc3cc12. The summed E-state index contributed by atoms with van der Waals surface area (Å²) in [5, 5.41) is 2.23. The van der Waals surface area contributed by atoms with E-state index in [1.807, 2.05) is 36.4 Å². The van der Waals surface area contributed by atoms with Crippen LogP contribution in [0.5, 0.6) is 0 Å². The lowest BCUT2D eigenvalue weighted by molar-refractivity contribution is -0.660. The molecule has 2 unspecified atom stereocenters. The van der Waals surface area contributed by atoms with E-state index in [2.05, 4.69) is 79.3 Å². The molecule has 1 nitrogen and oxygen atoms in total. The first-order valence-electron chi connectivity index (χ1n) is 12.2. The molecule has 0 saturated carbocycles. The Morgan fingerprint density at radius 3 is 1.78 bits per heavy atom. The summed E-state index contributed by atoms with van der Waals surface area (Å²) in [4.78, 5) is 0. The van der Waals surface area contributed by atoms with Gasteiger partial charge in [0, 0.05) is 32.2 Å². The third-order valence-electron chi connectivity index (χ3n) is 7.12. The average Bonchev–Trinajstić information content (AvgIpc) is 2.86. The highest BCUT2D eigenvalue weighted by molar-refractivity contribution is 5.87. The van der Waals surface area contributed by atoms with Crippen molar-refractivity contribution in [3.8, 4) is 11.3 Å². The molecule has 0 N–H and O–H groups in total. The number of rotatable bonds is 1. The second-order valence-corrected chi connectivity index (χ2v) is 8.95. The molecule has 0 amide bonds. The van der Waals surface area contributed by atoms with Crippen LogP contribution in [0.25, 0.3) is 22.0 Å². The first kappa shape index (κ1) is 16.0. The summed E-state index contributed by atoms with van der Waals surface area (Å²) in [6.45, 7) is 2.12. The van der Waals surface area contributed by atoms with Gasteiger partial charge in [0.15, 0.2) is 6.20 Å². The Kier molecular flexibility index (Phi) is 3.20. The van der Waals surface area contributed by atoms with E-state index < -0.39 is 11.8 Å². The minimum absolute atomic E-state index is 0.924. The molecule has 3 aliphatic rings. The van der Waals surface area contributed by atoms with Crippen molar-refractivity contribution in [3.63, 3.8) is 0 Å². The van der Waals surface area contributed by atoms with E-state index in [-0.39, 0.29) is 0 Å². The molecule has 0 saturated heterocycles. The van der Waals surface area contributed by atoms with Crippen LogP contribution in [0.2, 0.25) is 0 Å². The standard InChI is InChI=1S/C31H24N/c1-19-15-25-28(18-24(19)29-13-7-8-14-32(29)2)31-23-12-6-5-11-22(23)30(25)26-16-20-9-3-4-10-21(20)17-27(26)31/h3-18,30-31H,1-2H3/q+1/i30D,31D. The third kappa shape index (κ3) is 2.31. The van der Waals surface area contributed by atoms with Crippen molar-refractivity contribution < 1.29 is 7.31 Å². The quantitative estimate of drug-likeness (QED) is 0.272. The van der Waals surface area contributed by atoms with Gasteiger partial charge in [0.05, 0.1) is 0 Å². The Morgan fingerprint density at radius 2 is 1.16 bits per heavy atom. The number of aromatic nitrogens is 1. The summed E-state index contributed by atoms with van der Waals surface area (Å²) >= 11 is 0. The van der Waals surface area contributed by atoms with Crippen LogP contribution in [0, 0.1) is 6.92 Å². The molecule has 3 aliphatic carbocycles. The van der Waals surface area contributed by atoms with Crippen molar-refractivity contribution >= 4 is 10.8 Å². The molecule has 0 spiro atoms. The van der Waals surface area contributed by atoms with Gasteiger partial charge in [0.1, 0.15) is 7.05 Å². The topological polar surface area (TPSA) is 3.88 Å². The molecule has 1 aromatic heterocycles. The summed E-state index contributed by atoms with van der Waals surface area (Å²) < 4.78 is 22.3. The van der Waals surface area contributed by atoms with E-state index in [9.17, 15) is 2.74 Å². The molecule has 1 heterocycles. The normalized spacial score (nSPS) is 23.2. The minimum Gasteiger partial charge on any atom is -0.201 e. The molecule has 5 aromatic rings. The number of nitrogens with zero attached hydrogens (tertiary/aromatic N) is 1. The highest BCUT2D eigenvalue weighted by Gasteiger charge is 2.42. The second kappa shape index (κ2) is 6.40. The number of benzene rings is 4. The molecule has 2 bridgehead atoms. The zero-order valence-electron chi connectivity index (χ0n) is 20.2.